The summed E-state index contributed by atoms with van der Waals surface area (Å²) < 4.78 is 0. The summed E-state index contributed by atoms with van der Waals surface area (Å²) in [5.41, 5.74) is 0. The number of hydrogen-bond acceptors (Lipinski definition) is 2. The van der Waals surface area contributed by atoms with Gasteiger partial charge in [0.15, 0.2) is 0 Å². The molecule has 0 spiro atoms. The van der Waals surface area contributed by atoms with Crippen LogP contribution in [0.15, 0.2) is 0 Å². The van der Waals surface area contributed by atoms with Gasteiger partial charge in [0.25, 0.3) is 0 Å². The molecule has 0 aromatic carbocycles. The highest BCUT2D eigenvalue weighted by molar-refractivity contribution is 7.99. The summed E-state index contributed by atoms with van der Waals surface area (Å²) in [6, 6.07) is 0.737. The molecule has 0 radical (unpaired) electrons. The van der Waals surface area contributed by atoms with Gasteiger partial charge < -0.3 is 5.32 Å². The zero-order valence-electron chi connectivity index (χ0n) is 10.6. The van der Waals surface area contributed by atoms with Gasteiger partial charge in [-0.1, -0.05) is 33.6 Å². The van der Waals surface area contributed by atoms with Crippen LogP contribution >= 0.6 is 11.8 Å². The van der Waals surface area contributed by atoms with Crippen LogP contribution in [0.3, 0.4) is 0 Å². The van der Waals surface area contributed by atoms with E-state index in [0.717, 1.165) is 23.8 Å². The van der Waals surface area contributed by atoms with E-state index in [9.17, 15) is 0 Å². The maximum absolute atomic E-state index is 3.62. The quantitative estimate of drug-likeness (QED) is 0.714. The molecule has 1 rings (SSSR count). The predicted octanol–water partition coefficient (Wildman–Crippen LogP) is 3.69. The third-order valence-corrected chi connectivity index (χ3v) is 4.62. The van der Waals surface area contributed by atoms with Crippen LogP contribution in [-0.2, 0) is 0 Å². The monoisotopic (exact) mass is 229 g/mol. The minimum atomic E-state index is 0.737. The lowest BCUT2D eigenvalue weighted by molar-refractivity contribution is 0.456. The smallest absolute Gasteiger partial charge is 0.0160 e. The van der Waals surface area contributed by atoms with Crippen molar-refractivity contribution in [2.45, 2.75) is 64.2 Å². The highest BCUT2D eigenvalue weighted by Crippen LogP contribution is 2.30. The molecule has 0 aromatic rings. The van der Waals surface area contributed by atoms with Crippen molar-refractivity contribution in [3.05, 3.63) is 0 Å². The van der Waals surface area contributed by atoms with E-state index in [1.54, 1.807) is 0 Å². The Bertz CT molecular complexity index is 153. The third kappa shape index (κ3) is 5.82. The average molecular weight is 229 g/mol. The lowest BCUT2D eigenvalue weighted by atomic mass is 10.1. The average Bonchev–Trinajstić information content (AvgIpc) is 2.66. The first-order valence-electron chi connectivity index (χ1n) is 6.57. The van der Waals surface area contributed by atoms with E-state index in [1.165, 1.54) is 37.9 Å². The number of rotatable bonds is 7. The Morgan fingerprint density at radius 2 is 1.93 bits per heavy atom. The fraction of sp³-hybridized carbons (Fsp3) is 1.00. The molecule has 0 aliphatic heterocycles. The van der Waals surface area contributed by atoms with E-state index >= 15 is 0 Å². The minimum absolute atomic E-state index is 0.737. The summed E-state index contributed by atoms with van der Waals surface area (Å²) >= 11 is 2.21. The van der Waals surface area contributed by atoms with Crippen molar-refractivity contribution < 1.29 is 0 Å². The molecular weight excluding hydrogens is 202 g/mol. The van der Waals surface area contributed by atoms with E-state index in [4.69, 9.17) is 0 Å². The van der Waals surface area contributed by atoms with Gasteiger partial charge in [0.1, 0.15) is 0 Å². The van der Waals surface area contributed by atoms with Crippen molar-refractivity contribution in [3.63, 3.8) is 0 Å². The predicted molar refractivity (Wildman–Crippen MR) is 71.6 cm³/mol. The molecule has 0 aromatic heterocycles. The molecule has 1 aliphatic carbocycles. The molecule has 1 aliphatic rings. The second-order valence-electron chi connectivity index (χ2n) is 5.12. The van der Waals surface area contributed by atoms with Crippen LogP contribution in [0.4, 0.5) is 0 Å². The zero-order valence-corrected chi connectivity index (χ0v) is 11.4. The van der Waals surface area contributed by atoms with Gasteiger partial charge in [-0.15, -0.1) is 0 Å². The van der Waals surface area contributed by atoms with Crippen molar-refractivity contribution in [1.82, 2.24) is 5.32 Å². The van der Waals surface area contributed by atoms with Crippen LogP contribution in [0.25, 0.3) is 0 Å². The van der Waals surface area contributed by atoms with Crippen LogP contribution in [0.2, 0.25) is 0 Å². The van der Waals surface area contributed by atoms with Crippen molar-refractivity contribution in [2.75, 3.05) is 12.3 Å². The van der Waals surface area contributed by atoms with Crippen molar-refractivity contribution in [2.24, 2.45) is 5.92 Å². The Kier molecular flexibility index (Phi) is 6.74. The Morgan fingerprint density at radius 1 is 1.27 bits per heavy atom. The van der Waals surface area contributed by atoms with Gasteiger partial charge in [-0.05, 0) is 31.7 Å². The first-order valence-corrected chi connectivity index (χ1v) is 7.62. The standard InChI is InChI=1S/C13H27NS/c1-4-14-12(9-11(2)3)10-15-13-7-5-6-8-13/h11-14H,4-10H2,1-3H3. The van der Waals surface area contributed by atoms with Gasteiger partial charge >= 0.3 is 0 Å². The Hall–Kier alpha value is 0.310. The molecule has 0 heterocycles. The molecule has 1 unspecified atom stereocenters. The molecule has 15 heavy (non-hydrogen) atoms. The molecule has 2 heteroatoms. The topological polar surface area (TPSA) is 12.0 Å². The zero-order chi connectivity index (χ0) is 11.1. The van der Waals surface area contributed by atoms with E-state index in [-0.39, 0.29) is 0 Å². The second kappa shape index (κ2) is 7.56. The van der Waals surface area contributed by atoms with E-state index in [2.05, 4.69) is 37.8 Å². The van der Waals surface area contributed by atoms with Gasteiger partial charge in [0, 0.05) is 17.0 Å². The van der Waals surface area contributed by atoms with Crippen LogP contribution in [0.5, 0.6) is 0 Å². The first-order chi connectivity index (χ1) is 7.22. The lowest BCUT2D eigenvalue weighted by Crippen LogP contribution is -2.33. The highest BCUT2D eigenvalue weighted by atomic mass is 32.2. The fourth-order valence-electron chi connectivity index (χ4n) is 2.38. The third-order valence-electron chi connectivity index (χ3n) is 3.08. The molecule has 1 fully saturated rings. The van der Waals surface area contributed by atoms with Crippen LogP contribution in [0, 0.1) is 5.92 Å². The summed E-state index contributed by atoms with van der Waals surface area (Å²) in [6.45, 7) is 7.98. The number of nitrogens with one attached hydrogen (secondary N) is 1. The number of thioether (sulfide) groups is 1. The lowest BCUT2D eigenvalue weighted by Gasteiger charge is -2.21. The molecule has 90 valence electrons. The molecule has 1 nitrogen and oxygen atoms in total. The summed E-state index contributed by atoms with van der Waals surface area (Å²) in [5, 5.41) is 4.59. The summed E-state index contributed by atoms with van der Waals surface area (Å²) in [6.07, 6.45) is 7.19. The van der Waals surface area contributed by atoms with Crippen molar-refractivity contribution in [1.29, 1.82) is 0 Å². The maximum atomic E-state index is 3.62. The largest absolute Gasteiger partial charge is 0.313 e. The van der Waals surface area contributed by atoms with Crippen LogP contribution in [-0.4, -0.2) is 23.6 Å². The maximum Gasteiger partial charge on any atom is 0.0160 e. The highest BCUT2D eigenvalue weighted by Gasteiger charge is 2.17. The SMILES string of the molecule is CCNC(CSC1CCCC1)CC(C)C. The molecule has 1 atom stereocenters. The normalized spacial score (nSPS) is 20.0. The van der Waals surface area contributed by atoms with E-state index < -0.39 is 0 Å². The fourth-order valence-corrected chi connectivity index (χ4v) is 3.80. The summed E-state index contributed by atoms with van der Waals surface area (Å²) in [5.74, 6) is 2.13. The second-order valence-corrected chi connectivity index (χ2v) is 6.46. The molecular formula is C13H27NS. The van der Waals surface area contributed by atoms with Gasteiger partial charge in [0.05, 0.1) is 0 Å². The summed E-state index contributed by atoms with van der Waals surface area (Å²) in [4.78, 5) is 0. The Balaban J connectivity index is 2.17. The molecule has 1 saturated carbocycles. The molecule has 0 amide bonds. The van der Waals surface area contributed by atoms with Crippen molar-refractivity contribution >= 4 is 11.8 Å². The van der Waals surface area contributed by atoms with E-state index in [0.29, 0.717) is 0 Å². The molecule has 0 saturated heterocycles. The van der Waals surface area contributed by atoms with Gasteiger partial charge in [-0.3, -0.25) is 0 Å². The van der Waals surface area contributed by atoms with E-state index in [1.807, 2.05) is 0 Å². The van der Waals surface area contributed by atoms with Gasteiger partial charge in [-0.2, -0.15) is 11.8 Å². The van der Waals surface area contributed by atoms with Crippen LogP contribution in [0.1, 0.15) is 52.9 Å². The Morgan fingerprint density at radius 3 is 2.47 bits per heavy atom. The molecule has 1 N–H and O–H groups in total. The van der Waals surface area contributed by atoms with Crippen molar-refractivity contribution in [3.8, 4) is 0 Å². The first kappa shape index (κ1) is 13.4. The number of hydrogen-bond donors (Lipinski definition) is 1. The van der Waals surface area contributed by atoms with Gasteiger partial charge in [0.2, 0.25) is 0 Å². The van der Waals surface area contributed by atoms with Crippen LogP contribution < -0.4 is 5.32 Å². The van der Waals surface area contributed by atoms with Gasteiger partial charge in [-0.25, -0.2) is 0 Å². The minimum Gasteiger partial charge on any atom is -0.313 e. The molecule has 0 bridgehead atoms. The summed E-state index contributed by atoms with van der Waals surface area (Å²) in [7, 11) is 0. The Labute approximate surface area is 99.8 Å².